The number of carbonyl (C=O) groups is 1. The zero-order valence-corrected chi connectivity index (χ0v) is 15.3. The molecule has 25 heavy (non-hydrogen) atoms. The van der Waals surface area contributed by atoms with Crippen LogP contribution in [-0.2, 0) is 13.0 Å². The lowest BCUT2D eigenvalue weighted by molar-refractivity contribution is 0.262. The Bertz CT molecular complexity index is 749. The summed E-state index contributed by atoms with van der Waals surface area (Å²) >= 11 is 0. The van der Waals surface area contributed by atoms with Crippen LogP contribution in [0.4, 0.5) is 16.2 Å². The van der Waals surface area contributed by atoms with Crippen LogP contribution in [-0.4, -0.2) is 19.2 Å². The monoisotopic (exact) mass is 361 g/mol. The first kappa shape index (κ1) is 19.1. The highest BCUT2D eigenvalue weighted by Gasteiger charge is 2.10. The molecular weight excluding hydrogens is 338 g/mol. The second kappa shape index (κ2) is 8.74. The van der Waals surface area contributed by atoms with Gasteiger partial charge < -0.3 is 20.7 Å². The van der Waals surface area contributed by atoms with Crippen LogP contribution in [0.1, 0.15) is 23.6 Å². The van der Waals surface area contributed by atoms with Crippen LogP contribution in [0.25, 0.3) is 0 Å². The Labute approximate surface area is 154 Å². The van der Waals surface area contributed by atoms with Gasteiger partial charge in [-0.2, -0.15) is 0 Å². The summed E-state index contributed by atoms with van der Waals surface area (Å²) in [6.45, 7) is 6.40. The van der Waals surface area contributed by atoms with Gasteiger partial charge in [-0.05, 0) is 61.7 Å². The van der Waals surface area contributed by atoms with E-state index in [9.17, 15) is 4.79 Å². The third-order valence-electron chi connectivity index (χ3n) is 4.10. The number of hydrogen-bond acceptors (Lipinski definition) is 3. The minimum absolute atomic E-state index is 0. The summed E-state index contributed by atoms with van der Waals surface area (Å²) in [6, 6.07) is 11.5. The number of carbonyl (C=O) groups excluding carboxylic acids is 1. The van der Waals surface area contributed by atoms with E-state index in [0.717, 1.165) is 36.5 Å². The Morgan fingerprint density at radius 3 is 2.60 bits per heavy atom. The molecule has 5 nitrogen and oxygen atoms in total. The lowest BCUT2D eigenvalue weighted by atomic mass is 10.0. The lowest BCUT2D eigenvalue weighted by Crippen LogP contribution is -2.24. The summed E-state index contributed by atoms with van der Waals surface area (Å²) in [4.78, 5) is 12.2. The molecule has 0 spiro atoms. The van der Waals surface area contributed by atoms with Gasteiger partial charge in [0, 0.05) is 24.0 Å². The quantitative estimate of drug-likeness (QED) is 0.768. The van der Waals surface area contributed by atoms with E-state index < -0.39 is 0 Å². The maximum Gasteiger partial charge on any atom is 0.323 e. The van der Waals surface area contributed by atoms with E-state index in [-0.39, 0.29) is 18.4 Å². The number of benzene rings is 2. The summed E-state index contributed by atoms with van der Waals surface area (Å²) in [7, 11) is 0. The van der Waals surface area contributed by atoms with Crippen LogP contribution in [0.5, 0.6) is 5.75 Å². The molecule has 3 N–H and O–H groups in total. The molecule has 0 saturated heterocycles. The molecule has 6 heteroatoms. The Morgan fingerprint density at radius 2 is 1.84 bits per heavy atom. The highest BCUT2D eigenvalue weighted by Crippen LogP contribution is 2.23. The van der Waals surface area contributed by atoms with Gasteiger partial charge in [0.25, 0.3) is 0 Å². The number of rotatable bonds is 4. The smallest absolute Gasteiger partial charge is 0.323 e. The molecule has 0 radical (unpaired) electrons. The van der Waals surface area contributed by atoms with Gasteiger partial charge in [0.05, 0.1) is 6.61 Å². The van der Waals surface area contributed by atoms with E-state index >= 15 is 0 Å². The van der Waals surface area contributed by atoms with Crippen molar-refractivity contribution in [1.29, 1.82) is 0 Å². The number of fused-ring (bicyclic) bond motifs is 1. The third-order valence-corrected chi connectivity index (χ3v) is 4.10. The van der Waals surface area contributed by atoms with E-state index in [1.54, 1.807) is 0 Å². The summed E-state index contributed by atoms with van der Waals surface area (Å²) in [5.41, 5.74) is 5.16. The highest BCUT2D eigenvalue weighted by atomic mass is 35.5. The normalized spacial score (nSPS) is 12.6. The van der Waals surface area contributed by atoms with E-state index in [1.807, 2.05) is 38.1 Å². The molecule has 2 aromatic carbocycles. The van der Waals surface area contributed by atoms with Crippen molar-refractivity contribution in [2.45, 2.75) is 26.8 Å². The second-order valence-electron chi connectivity index (χ2n) is 5.90. The predicted molar refractivity (Wildman–Crippen MR) is 104 cm³/mol. The molecule has 3 rings (SSSR count). The molecule has 134 valence electrons. The van der Waals surface area contributed by atoms with Crippen molar-refractivity contribution in [3.63, 3.8) is 0 Å². The molecule has 2 aromatic rings. The Kier molecular flexibility index (Phi) is 6.67. The third kappa shape index (κ3) is 4.87. The highest BCUT2D eigenvalue weighted by molar-refractivity contribution is 6.00. The Hall–Kier alpha value is -2.24. The van der Waals surface area contributed by atoms with Crippen molar-refractivity contribution in [2.24, 2.45) is 0 Å². The maximum atomic E-state index is 12.2. The first-order valence-corrected chi connectivity index (χ1v) is 8.29. The van der Waals surface area contributed by atoms with E-state index in [4.69, 9.17) is 4.74 Å². The predicted octanol–water partition coefficient (Wildman–Crippen LogP) is 4.11. The summed E-state index contributed by atoms with van der Waals surface area (Å²) in [6.07, 6.45) is 0.988. The van der Waals surface area contributed by atoms with Crippen LogP contribution in [0.2, 0.25) is 0 Å². The number of anilines is 2. The first-order chi connectivity index (χ1) is 11.7. The standard InChI is InChI=1S/C19H23N3O2.ClH/c1-3-24-18-11-17(6-4-13(18)2)22-19(23)21-16-7-5-15-12-20-9-8-14(15)10-16;/h4-7,10-11,20H,3,8-9,12H2,1-2H3,(H2,21,22,23);1H. The number of urea groups is 1. The fraction of sp³-hybridized carbons (Fsp3) is 0.316. The van der Waals surface area contributed by atoms with Gasteiger partial charge in [-0.25, -0.2) is 4.79 Å². The molecule has 0 aromatic heterocycles. The van der Waals surface area contributed by atoms with Gasteiger partial charge in [0.1, 0.15) is 5.75 Å². The van der Waals surface area contributed by atoms with E-state index in [1.165, 1.54) is 11.1 Å². The molecule has 1 aliphatic heterocycles. The van der Waals surface area contributed by atoms with Gasteiger partial charge in [0.2, 0.25) is 0 Å². The number of hydrogen-bond donors (Lipinski definition) is 3. The molecule has 0 atom stereocenters. The van der Waals surface area contributed by atoms with Crippen molar-refractivity contribution < 1.29 is 9.53 Å². The van der Waals surface area contributed by atoms with Gasteiger partial charge in [-0.3, -0.25) is 0 Å². The average molecular weight is 362 g/mol. The zero-order chi connectivity index (χ0) is 16.9. The van der Waals surface area contributed by atoms with Crippen LogP contribution in [0.3, 0.4) is 0 Å². The molecule has 2 amide bonds. The molecule has 1 aliphatic rings. The lowest BCUT2D eigenvalue weighted by Gasteiger charge is -2.18. The van der Waals surface area contributed by atoms with Gasteiger partial charge in [-0.1, -0.05) is 12.1 Å². The molecular formula is C19H24ClN3O2. The minimum Gasteiger partial charge on any atom is -0.494 e. The largest absolute Gasteiger partial charge is 0.494 e. The topological polar surface area (TPSA) is 62.4 Å². The van der Waals surface area contributed by atoms with Crippen LogP contribution in [0.15, 0.2) is 36.4 Å². The van der Waals surface area contributed by atoms with Crippen LogP contribution >= 0.6 is 12.4 Å². The van der Waals surface area contributed by atoms with E-state index in [0.29, 0.717) is 12.3 Å². The number of ether oxygens (including phenoxy) is 1. The Balaban J connectivity index is 0.00000225. The molecule has 0 bridgehead atoms. The minimum atomic E-state index is -0.254. The summed E-state index contributed by atoms with van der Waals surface area (Å²) < 4.78 is 5.56. The van der Waals surface area contributed by atoms with Crippen molar-refractivity contribution in [1.82, 2.24) is 5.32 Å². The molecule has 0 saturated carbocycles. The van der Waals surface area contributed by atoms with Gasteiger partial charge in [0.15, 0.2) is 0 Å². The SMILES string of the molecule is CCOc1cc(NC(=O)Nc2ccc3c(c2)CCNC3)ccc1C.Cl. The summed E-state index contributed by atoms with van der Waals surface area (Å²) in [5, 5.41) is 9.09. The number of halogens is 1. The van der Waals surface area contributed by atoms with Crippen molar-refractivity contribution in [3.8, 4) is 5.75 Å². The van der Waals surface area contributed by atoms with Crippen molar-refractivity contribution in [3.05, 3.63) is 53.1 Å². The fourth-order valence-corrected chi connectivity index (χ4v) is 2.84. The first-order valence-electron chi connectivity index (χ1n) is 8.29. The van der Waals surface area contributed by atoms with Gasteiger partial charge >= 0.3 is 6.03 Å². The second-order valence-corrected chi connectivity index (χ2v) is 5.90. The van der Waals surface area contributed by atoms with Crippen LogP contribution < -0.4 is 20.7 Å². The summed E-state index contributed by atoms with van der Waals surface area (Å²) in [5.74, 6) is 0.789. The molecule has 0 unspecified atom stereocenters. The zero-order valence-electron chi connectivity index (χ0n) is 14.5. The molecule has 0 fully saturated rings. The molecule has 0 aliphatic carbocycles. The number of aryl methyl sites for hydroxylation is 1. The molecule has 1 heterocycles. The number of nitrogens with one attached hydrogen (secondary N) is 3. The Morgan fingerprint density at radius 1 is 1.12 bits per heavy atom. The maximum absolute atomic E-state index is 12.2. The fourth-order valence-electron chi connectivity index (χ4n) is 2.84. The van der Waals surface area contributed by atoms with Crippen LogP contribution in [0, 0.1) is 6.92 Å². The average Bonchev–Trinajstić information content (AvgIpc) is 2.58. The van der Waals surface area contributed by atoms with Crippen molar-refractivity contribution in [2.75, 3.05) is 23.8 Å². The van der Waals surface area contributed by atoms with Crippen molar-refractivity contribution >= 4 is 29.8 Å². The van der Waals surface area contributed by atoms with Gasteiger partial charge in [-0.15, -0.1) is 12.4 Å². The van der Waals surface area contributed by atoms with E-state index in [2.05, 4.69) is 28.1 Å². The number of amides is 2.